The molecule has 5 rings (SSSR count). The number of hydrazone groups is 1. The number of sulfonamides is 1. The van der Waals surface area contributed by atoms with Gasteiger partial charge in [-0.3, -0.25) is 5.41 Å². The number of fused-ring (bicyclic) bond motifs is 1. The van der Waals surface area contributed by atoms with Crippen molar-refractivity contribution in [3.63, 3.8) is 0 Å². The minimum Gasteiger partial charge on any atom is -0.304 e. The van der Waals surface area contributed by atoms with Crippen LogP contribution in [0.5, 0.6) is 0 Å². The van der Waals surface area contributed by atoms with E-state index >= 15 is 0 Å². The summed E-state index contributed by atoms with van der Waals surface area (Å²) >= 11 is 10.2. The maximum atomic E-state index is 13.4. The fourth-order valence-corrected chi connectivity index (χ4v) is 5.63. The molecule has 1 heterocycles. The van der Waals surface area contributed by atoms with Gasteiger partial charge in [-0.2, -0.15) is 13.5 Å². The summed E-state index contributed by atoms with van der Waals surface area (Å²) < 4.78 is 30.8. The number of guanidine groups is 1. The molecule has 0 bridgehead atoms. The van der Waals surface area contributed by atoms with Crippen LogP contribution in [-0.2, 0) is 10.0 Å². The van der Waals surface area contributed by atoms with Crippen molar-refractivity contribution in [2.75, 3.05) is 6.54 Å². The van der Waals surface area contributed by atoms with Crippen LogP contribution in [0.1, 0.15) is 23.5 Å². The van der Waals surface area contributed by atoms with E-state index in [0.717, 1.165) is 27.6 Å². The normalized spacial score (nSPS) is 16.3. The SMILES string of the molecule is N=C(S)N/C(=N/S(=O)(=O)c1ccc2ccccc2c1)N1CCC(c2ccccc2)C(c2ccc(Cl)cc2)=N1. The number of rotatable bonds is 4. The molecular weight excluding hydrogens is 538 g/mol. The summed E-state index contributed by atoms with van der Waals surface area (Å²) in [5.74, 6) is -0.126. The lowest BCUT2D eigenvalue weighted by Gasteiger charge is -2.31. The van der Waals surface area contributed by atoms with Crippen molar-refractivity contribution in [1.82, 2.24) is 10.3 Å². The maximum absolute atomic E-state index is 13.4. The van der Waals surface area contributed by atoms with Crippen molar-refractivity contribution in [1.29, 1.82) is 5.41 Å². The Morgan fingerprint density at radius 3 is 2.37 bits per heavy atom. The predicted molar refractivity (Wildman–Crippen MR) is 157 cm³/mol. The second-order valence-corrected chi connectivity index (χ2v) is 11.2. The zero-order valence-electron chi connectivity index (χ0n) is 20.1. The van der Waals surface area contributed by atoms with E-state index in [1.165, 1.54) is 11.1 Å². The van der Waals surface area contributed by atoms with Crippen molar-refractivity contribution in [3.05, 3.63) is 113 Å². The van der Waals surface area contributed by atoms with Crippen molar-refractivity contribution in [2.24, 2.45) is 9.50 Å². The summed E-state index contributed by atoms with van der Waals surface area (Å²) in [6.07, 6.45) is 0.641. The van der Waals surface area contributed by atoms with Crippen molar-refractivity contribution >= 4 is 61.9 Å². The summed E-state index contributed by atoms with van der Waals surface area (Å²) in [7, 11) is -4.13. The molecule has 1 atom stereocenters. The van der Waals surface area contributed by atoms with E-state index < -0.39 is 10.0 Å². The Kier molecular flexibility index (Phi) is 7.51. The fraction of sp³-hybridized carbons (Fsp3) is 0.107. The van der Waals surface area contributed by atoms with Gasteiger partial charge in [0.05, 0.1) is 10.6 Å². The highest BCUT2D eigenvalue weighted by Gasteiger charge is 2.29. The lowest BCUT2D eigenvalue weighted by atomic mass is 9.86. The Labute approximate surface area is 231 Å². The van der Waals surface area contributed by atoms with Crippen LogP contribution in [0.15, 0.2) is 111 Å². The molecule has 0 radical (unpaired) electrons. The first kappa shape index (κ1) is 26.0. The Morgan fingerprint density at radius 1 is 0.974 bits per heavy atom. The highest BCUT2D eigenvalue weighted by atomic mass is 35.5. The van der Waals surface area contributed by atoms with Crippen LogP contribution in [0.4, 0.5) is 0 Å². The zero-order chi connectivity index (χ0) is 26.7. The minimum atomic E-state index is -4.13. The Morgan fingerprint density at radius 2 is 1.66 bits per heavy atom. The summed E-state index contributed by atoms with van der Waals surface area (Å²) in [6, 6.07) is 29.7. The van der Waals surface area contributed by atoms with Crippen LogP contribution in [0.2, 0.25) is 5.02 Å². The van der Waals surface area contributed by atoms with E-state index in [9.17, 15) is 8.42 Å². The lowest BCUT2D eigenvalue weighted by Crippen LogP contribution is -2.44. The van der Waals surface area contributed by atoms with E-state index in [1.807, 2.05) is 66.7 Å². The smallest absolute Gasteiger partial charge is 0.285 e. The average molecular weight is 562 g/mol. The van der Waals surface area contributed by atoms with Gasteiger partial charge in [0.2, 0.25) is 5.96 Å². The molecule has 1 aliphatic heterocycles. The van der Waals surface area contributed by atoms with E-state index in [4.69, 9.17) is 22.1 Å². The Balaban J connectivity index is 1.58. The second kappa shape index (κ2) is 11.0. The van der Waals surface area contributed by atoms with Crippen molar-refractivity contribution in [2.45, 2.75) is 17.2 Å². The van der Waals surface area contributed by atoms with Gasteiger partial charge in [-0.1, -0.05) is 84.4 Å². The molecule has 0 spiro atoms. The third-order valence-corrected chi connectivity index (χ3v) is 7.86. The first-order chi connectivity index (χ1) is 18.3. The largest absolute Gasteiger partial charge is 0.304 e. The third kappa shape index (κ3) is 5.75. The van der Waals surface area contributed by atoms with Gasteiger partial charge >= 0.3 is 0 Å². The quantitative estimate of drug-likeness (QED) is 0.164. The molecule has 0 amide bonds. The van der Waals surface area contributed by atoms with Crippen LogP contribution >= 0.6 is 24.2 Å². The minimum absolute atomic E-state index is 0.0255. The van der Waals surface area contributed by atoms with Crippen molar-refractivity contribution < 1.29 is 8.42 Å². The summed E-state index contributed by atoms with van der Waals surface area (Å²) in [6.45, 7) is 0.372. The number of thiol groups is 1. The van der Waals surface area contributed by atoms with Crippen LogP contribution in [-0.4, -0.2) is 36.8 Å². The number of nitrogens with one attached hydrogen (secondary N) is 2. The first-order valence-corrected chi connectivity index (χ1v) is 14.1. The van der Waals surface area contributed by atoms with Crippen LogP contribution in [0.25, 0.3) is 10.8 Å². The van der Waals surface area contributed by atoms with Gasteiger partial charge in [0, 0.05) is 17.5 Å². The van der Waals surface area contributed by atoms with Gasteiger partial charge in [0.25, 0.3) is 10.0 Å². The molecule has 4 aromatic rings. The van der Waals surface area contributed by atoms with Gasteiger partial charge in [-0.25, -0.2) is 5.01 Å². The molecule has 10 heteroatoms. The molecule has 38 heavy (non-hydrogen) atoms. The van der Waals surface area contributed by atoms with Gasteiger partial charge in [0.15, 0.2) is 5.17 Å². The number of amidine groups is 1. The van der Waals surface area contributed by atoms with Gasteiger partial charge in [-0.05, 0) is 52.6 Å². The molecule has 0 saturated carbocycles. The molecule has 0 saturated heterocycles. The summed E-state index contributed by atoms with van der Waals surface area (Å²) in [5, 5.41) is 18.9. The topological polar surface area (TPSA) is 98.0 Å². The fourth-order valence-electron chi connectivity index (χ4n) is 4.42. The number of nitrogens with zero attached hydrogens (tertiary/aromatic N) is 3. The first-order valence-electron chi connectivity index (χ1n) is 11.9. The van der Waals surface area contributed by atoms with Gasteiger partial charge in [-0.15, -0.1) is 17.0 Å². The van der Waals surface area contributed by atoms with Gasteiger partial charge < -0.3 is 5.32 Å². The van der Waals surface area contributed by atoms with Crippen LogP contribution < -0.4 is 5.32 Å². The van der Waals surface area contributed by atoms with E-state index in [2.05, 4.69) is 22.3 Å². The lowest BCUT2D eigenvalue weighted by molar-refractivity contribution is 0.396. The predicted octanol–water partition coefficient (Wildman–Crippen LogP) is 5.89. The standard InChI is InChI=1S/C28H24ClN5O2S2/c29-23-13-10-21(11-14-23)26-25(20-7-2-1-3-8-20)16-17-34(32-26)28(31-27(30)37)33-38(35,36)24-15-12-19-6-4-5-9-22(19)18-24/h1-15,18,25H,16-17H2,(H3,30,31,33,37). The number of hydrogen-bond acceptors (Lipinski definition) is 4. The molecule has 4 aromatic carbocycles. The van der Waals surface area contributed by atoms with Crippen LogP contribution in [0, 0.1) is 5.41 Å². The molecule has 0 aromatic heterocycles. The molecule has 7 nitrogen and oxygen atoms in total. The molecular formula is C28H24ClN5O2S2. The molecule has 1 unspecified atom stereocenters. The maximum Gasteiger partial charge on any atom is 0.285 e. The monoisotopic (exact) mass is 561 g/mol. The zero-order valence-corrected chi connectivity index (χ0v) is 22.6. The van der Waals surface area contributed by atoms with Gasteiger partial charge in [0.1, 0.15) is 0 Å². The van der Waals surface area contributed by atoms with Crippen LogP contribution in [0.3, 0.4) is 0 Å². The van der Waals surface area contributed by atoms with E-state index in [-0.39, 0.29) is 21.9 Å². The highest BCUT2D eigenvalue weighted by Crippen LogP contribution is 2.30. The molecule has 0 aliphatic carbocycles. The highest BCUT2D eigenvalue weighted by molar-refractivity contribution is 7.96. The number of halogens is 1. The van der Waals surface area contributed by atoms with Crippen molar-refractivity contribution in [3.8, 4) is 0 Å². The second-order valence-electron chi connectivity index (χ2n) is 8.74. The molecule has 192 valence electrons. The Hall–Kier alpha value is -3.66. The molecule has 2 N–H and O–H groups in total. The number of hydrogen-bond donors (Lipinski definition) is 3. The Bertz CT molecular complexity index is 1660. The molecule has 1 aliphatic rings. The van der Waals surface area contributed by atoms with E-state index in [1.54, 1.807) is 24.3 Å². The average Bonchev–Trinajstić information content (AvgIpc) is 2.92. The molecule has 0 fully saturated rings. The summed E-state index contributed by atoms with van der Waals surface area (Å²) in [5.41, 5.74) is 2.69. The van der Waals surface area contributed by atoms with E-state index in [0.29, 0.717) is 18.0 Å². The number of benzene rings is 4. The third-order valence-electron chi connectivity index (χ3n) is 6.23. The summed E-state index contributed by atoms with van der Waals surface area (Å²) in [4.78, 5) is 0.0438.